The second-order valence-electron chi connectivity index (χ2n) is 9.58. The van der Waals surface area contributed by atoms with Gasteiger partial charge in [0.1, 0.15) is 5.75 Å². The van der Waals surface area contributed by atoms with E-state index < -0.39 is 5.60 Å². The van der Waals surface area contributed by atoms with E-state index in [1.807, 2.05) is 12.1 Å². The first-order chi connectivity index (χ1) is 15.6. The molecular weight excluding hydrogens is 396 g/mol. The molecule has 1 aliphatic heterocycles. The van der Waals surface area contributed by atoms with Crippen LogP contribution in [0.1, 0.15) is 36.8 Å². The second kappa shape index (κ2) is 10.7. The third-order valence-corrected chi connectivity index (χ3v) is 7.33. The Bertz CT molecular complexity index is 872. The van der Waals surface area contributed by atoms with Crippen molar-refractivity contribution < 1.29 is 9.84 Å². The fraction of sp³-hybridized carbons (Fsp3) is 0.500. The zero-order valence-corrected chi connectivity index (χ0v) is 19.7. The van der Waals surface area contributed by atoms with Gasteiger partial charge in [-0.2, -0.15) is 0 Å². The zero-order valence-electron chi connectivity index (χ0n) is 19.7. The van der Waals surface area contributed by atoms with E-state index in [9.17, 15) is 5.11 Å². The normalized spacial score (nSPS) is 26.7. The van der Waals surface area contributed by atoms with Crippen LogP contribution in [0, 0.1) is 5.92 Å². The van der Waals surface area contributed by atoms with E-state index in [1.54, 1.807) is 7.11 Å². The van der Waals surface area contributed by atoms with Crippen molar-refractivity contribution in [1.29, 1.82) is 0 Å². The van der Waals surface area contributed by atoms with Crippen LogP contribution in [0.5, 0.6) is 5.75 Å². The lowest BCUT2D eigenvalue weighted by molar-refractivity contribution is -0.00644. The molecule has 2 unspecified atom stereocenters. The van der Waals surface area contributed by atoms with Gasteiger partial charge in [0, 0.05) is 45.1 Å². The average molecular weight is 435 g/mol. The topological polar surface area (TPSA) is 35.9 Å². The minimum atomic E-state index is -0.843. The lowest BCUT2D eigenvalue weighted by Gasteiger charge is -2.42. The first kappa shape index (κ1) is 23.0. The molecule has 0 bridgehead atoms. The van der Waals surface area contributed by atoms with Crippen molar-refractivity contribution >= 4 is 6.08 Å². The van der Waals surface area contributed by atoms with Gasteiger partial charge < -0.3 is 19.6 Å². The number of rotatable bonds is 6. The molecule has 0 spiro atoms. The van der Waals surface area contributed by atoms with Crippen LogP contribution in [0.4, 0.5) is 0 Å². The summed E-state index contributed by atoms with van der Waals surface area (Å²) in [7, 11) is 3.89. The maximum Gasteiger partial charge on any atom is 0.118 e. The van der Waals surface area contributed by atoms with Crippen LogP contribution in [0.2, 0.25) is 0 Å². The van der Waals surface area contributed by atoms with Crippen LogP contribution in [-0.4, -0.2) is 67.4 Å². The number of methoxy groups -OCH3 is 1. The molecule has 2 fully saturated rings. The quantitative estimate of drug-likeness (QED) is 0.680. The Balaban J connectivity index is 1.66. The van der Waals surface area contributed by atoms with Gasteiger partial charge in [-0.25, -0.2) is 0 Å². The summed E-state index contributed by atoms with van der Waals surface area (Å²) in [5, 5.41) is 12.5. The molecule has 1 N–H and O–H groups in total. The summed E-state index contributed by atoms with van der Waals surface area (Å²) in [6.45, 7) is 5.35. The van der Waals surface area contributed by atoms with Crippen LogP contribution in [0.15, 0.2) is 60.2 Å². The fourth-order valence-electron chi connectivity index (χ4n) is 5.27. The molecule has 0 amide bonds. The summed E-state index contributed by atoms with van der Waals surface area (Å²) in [6, 6.07) is 18.7. The minimum absolute atomic E-state index is 0.227. The van der Waals surface area contributed by atoms with Crippen molar-refractivity contribution in [3.05, 3.63) is 71.3 Å². The maximum absolute atomic E-state index is 12.5. The highest BCUT2D eigenvalue weighted by Crippen LogP contribution is 2.41. The molecule has 172 valence electrons. The van der Waals surface area contributed by atoms with Gasteiger partial charge >= 0.3 is 0 Å². The predicted octanol–water partition coefficient (Wildman–Crippen LogP) is 4.49. The van der Waals surface area contributed by atoms with E-state index in [0.717, 1.165) is 63.3 Å². The summed E-state index contributed by atoms with van der Waals surface area (Å²) in [5.41, 5.74) is 2.69. The van der Waals surface area contributed by atoms with E-state index in [-0.39, 0.29) is 5.92 Å². The molecule has 2 atom stereocenters. The molecule has 2 aromatic rings. The lowest BCUT2D eigenvalue weighted by Crippen LogP contribution is -2.51. The summed E-state index contributed by atoms with van der Waals surface area (Å²) in [6.07, 6.45) is 7.25. The Morgan fingerprint density at radius 2 is 1.72 bits per heavy atom. The number of hydrogen-bond acceptors (Lipinski definition) is 4. The Morgan fingerprint density at radius 3 is 2.41 bits per heavy atom. The Labute approximate surface area is 193 Å². The Hall–Kier alpha value is -2.14. The van der Waals surface area contributed by atoms with Gasteiger partial charge in [0.25, 0.3) is 0 Å². The molecule has 4 rings (SSSR count). The number of ether oxygens (including phenoxy) is 1. The van der Waals surface area contributed by atoms with Crippen molar-refractivity contribution in [2.45, 2.75) is 37.7 Å². The molecule has 4 nitrogen and oxygen atoms in total. The molecule has 0 aromatic heterocycles. The molecule has 4 heteroatoms. The van der Waals surface area contributed by atoms with Crippen molar-refractivity contribution in [3.8, 4) is 5.75 Å². The van der Waals surface area contributed by atoms with Crippen molar-refractivity contribution in [2.75, 3.05) is 46.9 Å². The first-order valence-corrected chi connectivity index (χ1v) is 12.1. The first-order valence-electron chi connectivity index (χ1n) is 12.1. The highest BCUT2D eigenvalue weighted by atomic mass is 16.5. The van der Waals surface area contributed by atoms with Crippen molar-refractivity contribution in [1.82, 2.24) is 9.80 Å². The number of aliphatic hydroxyl groups is 1. The van der Waals surface area contributed by atoms with E-state index in [4.69, 9.17) is 4.74 Å². The molecule has 1 saturated carbocycles. The molecule has 2 aromatic carbocycles. The van der Waals surface area contributed by atoms with Gasteiger partial charge in [0.05, 0.1) is 12.7 Å². The van der Waals surface area contributed by atoms with Crippen molar-refractivity contribution in [2.24, 2.45) is 5.92 Å². The zero-order chi connectivity index (χ0) is 22.4. The fourth-order valence-corrected chi connectivity index (χ4v) is 5.27. The summed E-state index contributed by atoms with van der Waals surface area (Å²) >= 11 is 0. The molecule has 0 radical (unpaired) electrons. The van der Waals surface area contributed by atoms with E-state index in [2.05, 4.69) is 65.4 Å². The monoisotopic (exact) mass is 434 g/mol. The van der Waals surface area contributed by atoms with Crippen LogP contribution in [-0.2, 0) is 6.42 Å². The highest BCUT2D eigenvalue weighted by Gasteiger charge is 2.42. The van der Waals surface area contributed by atoms with Crippen LogP contribution in [0.25, 0.3) is 6.08 Å². The number of hydrogen-bond donors (Lipinski definition) is 1. The number of piperazine rings is 1. The summed E-state index contributed by atoms with van der Waals surface area (Å²) in [4.78, 5) is 4.96. The maximum atomic E-state index is 12.5. The van der Waals surface area contributed by atoms with Crippen LogP contribution in [0.3, 0.4) is 0 Å². The largest absolute Gasteiger partial charge is 0.497 e. The summed E-state index contributed by atoms with van der Waals surface area (Å²) < 4.78 is 5.35. The van der Waals surface area contributed by atoms with Gasteiger partial charge in [0.2, 0.25) is 0 Å². The second-order valence-corrected chi connectivity index (χ2v) is 9.58. The smallest absolute Gasteiger partial charge is 0.118 e. The number of likely N-dealkylation sites (N-methyl/N-ethyl adjacent to an activating group) is 1. The molecule has 32 heavy (non-hydrogen) atoms. The van der Waals surface area contributed by atoms with Crippen LogP contribution < -0.4 is 4.74 Å². The van der Waals surface area contributed by atoms with E-state index in [0.29, 0.717) is 6.42 Å². The SMILES string of the molecule is COc1ccc(CC2(O)/C(=C\c3ccccc3)CCCCC2CN2CCN(C)CC2)cc1. The van der Waals surface area contributed by atoms with Gasteiger partial charge in [-0.05, 0) is 55.1 Å². The molecule has 2 aliphatic rings. The lowest BCUT2D eigenvalue weighted by atomic mass is 9.74. The predicted molar refractivity (Wildman–Crippen MR) is 132 cm³/mol. The molecule has 1 saturated heterocycles. The standard InChI is InChI=1S/C28H38N2O2/c1-29-16-18-30(19-17-29)22-26-11-7-6-10-25(20-23-8-4-3-5-9-23)28(26,31)21-24-12-14-27(32-2)15-13-24/h3-5,8-9,12-15,20,26,31H,6-7,10-11,16-19,21-22H2,1-2H3/b25-20-. The average Bonchev–Trinajstić information content (AvgIpc) is 2.96. The highest BCUT2D eigenvalue weighted by molar-refractivity contribution is 5.56. The van der Waals surface area contributed by atoms with Gasteiger partial charge in [0.15, 0.2) is 0 Å². The molecule has 1 heterocycles. The third-order valence-electron chi connectivity index (χ3n) is 7.33. The van der Waals surface area contributed by atoms with E-state index in [1.165, 1.54) is 17.6 Å². The number of benzene rings is 2. The minimum Gasteiger partial charge on any atom is -0.497 e. The van der Waals surface area contributed by atoms with Gasteiger partial charge in [-0.15, -0.1) is 0 Å². The Kier molecular flexibility index (Phi) is 7.67. The molecular formula is C28H38N2O2. The molecule has 1 aliphatic carbocycles. The number of nitrogens with zero attached hydrogens (tertiary/aromatic N) is 2. The Morgan fingerprint density at radius 1 is 1.00 bits per heavy atom. The summed E-state index contributed by atoms with van der Waals surface area (Å²) in [5.74, 6) is 1.08. The van der Waals surface area contributed by atoms with Gasteiger partial charge in [-0.1, -0.05) is 55.0 Å². The third kappa shape index (κ3) is 5.61. The van der Waals surface area contributed by atoms with Crippen molar-refractivity contribution in [3.63, 3.8) is 0 Å². The van der Waals surface area contributed by atoms with Crippen LogP contribution >= 0.6 is 0 Å². The van der Waals surface area contributed by atoms with E-state index >= 15 is 0 Å². The van der Waals surface area contributed by atoms with Gasteiger partial charge in [-0.3, -0.25) is 0 Å².